The van der Waals surface area contributed by atoms with Gasteiger partial charge in [-0.2, -0.15) is 0 Å². The van der Waals surface area contributed by atoms with Crippen LogP contribution in [0.15, 0.2) is 0 Å². The van der Waals surface area contributed by atoms with Crippen LogP contribution >= 0.6 is 0 Å². The Morgan fingerprint density at radius 2 is 2.00 bits per heavy atom. The second-order valence-electron chi connectivity index (χ2n) is 4.26. The van der Waals surface area contributed by atoms with Crippen LogP contribution in [0.25, 0.3) is 0 Å². The molecule has 0 bridgehead atoms. The van der Waals surface area contributed by atoms with Gasteiger partial charge >= 0.3 is 0 Å². The second-order valence-corrected chi connectivity index (χ2v) is 4.26. The Balaban J connectivity index is 2.51. The highest BCUT2D eigenvalue weighted by molar-refractivity contribution is 5.84. The van der Waals surface area contributed by atoms with Crippen LogP contribution in [0.5, 0.6) is 0 Å². The summed E-state index contributed by atoms with van der Waals surface area (Å²) in [6.45, 7) is 6.72. The lowest BCUT2D eigenvalue weighted by Crippen LogP contribution is -2.26. The van der Waals surface area contributed by atoms with Crippen LogP contribution in [0.4, 0.5) is 0 Å². The summed E-state index contributed by atoms with van der Waals surface area (Å²) >= 11 is 0. The lowest BCUT2D eigenvalue weighted by Gasteiger charge is -2.29. The minimum atomic E-state index is 0.589. The maximum absolute atomic E-state index is 7.81. The molecule has 1 rings (SSSR count). The molecule has 0 aromatic rings. The molecule has 11 heavy (non-hydrogen) atoms. The fraction of sp³-hybridized carbons (Fsp3) is 0.900. The molecule has 1 fully saturated rings. The molecule has 1 saturated carbocycles. The predicted molar refractivity (Wildman–Crippen MR) is 49.1 cm³/mol. The van der Waals surface area contributed by atoms with Crippen molar-refractivity contribution >= 4 is 5.71 Å². The minimum Gasteiger partial charge on any atom is -0.309 e. The van der Waals surface area contributed by atoms with Crippen molar-refractivity contribution in [3.8, 4) is 0 Å². The first kappa shape index (κ1) is 8.76. The molecule has 0 aromatic heterocycles. The van der Waals surface area contributed by atoms with E-state index < -0.39 is 0 Å². The van der Waals surface area contributed by atoms with Crippen molar-refractivity contribution in [3.05, 3.63) is 0 Å². The van der Waals surface area contributed by atoms with Crippen molar-refractivity contribution in [1.29, 1.82) is 5.41 Å². The molecule has 0 spiro atoms. The van der Waals surface area contributed by atoms with Gasteiger partial charge in [-0.3, -0.25) is 0 Å². The van der Waals surface area contributed by atoms with Crippen molar-refractivity contribution in [2.45, 2.75) is 40.0 Å². The third kappa shape index (κ3) is 2.05. The van der Waals surface area contributed by atoms with Crippen LogP contribution in [0.3, 0.4) is 0 Å². The van der Waals surface area contributed by atoms with E-state index in [1.54, 1.807) is 0 Å². The fourth-order valence-corrected chi connectivity index (χ4v) is 2.00. The molecule has 1 aliphatic carbocycles. The van der Waals surface area contributed by atoms with E-state index in [1.165, 1.54) is 12.8 Å². The summed E-state index contributed by atoms with van der Waals surface area (Å²) in [5, 5.41) is 7.81. The highest BCUT2D eigenvalue weighted by Crippen LogP contribution is 2.30. The summed E-state index contributed by atoms with van der Waals surface area (Å²) in [6.07, 6.45) is 3.62. The maximum Gasteiger partial charge on any atom is 0.0125 e. The minimum absolute atomic E-state index is 0.589. The van der Waals surface area contributed by atoms with Crippen LogP contribution in [-0.4, -0.2) is 5.71 Å². The average Bonchev–Trinajstić information content (AvgIpc) is 1.85. The van der Waals surface area contributed by atoms with Crippen molar-refractivity contribution < 1.29 is 0 Å². The van der Waals surface area contributed by atoms with Crippen LogP contribution in [0.2, 0.25) is 0 Å². The molecule has 1 aliphatic rings. The molecule has 0 amide bonds. The summed E-state index contributed by atoms with van der Waals surface area (Å²) in [5.41, 5.74) is 0.999. The Kier molecular flexibility index (Phi) is 2.69. The van der Waals surface area contributed by atoms with Crippen molar-refractivity contribution in [2.24, 2.45) is 17.8 Å². The molecule has 0 radical (unpaired) electrons. The Hall–Kier alpha value is -0.330. The Labute approximate surface area is 69.7 Å². The van der Waals surface area contributed by atoms with Gasteiger partial charge in [-0.1, -0.05) is 20.8 Å². The largest absolute Gasteiger partial charge is 0.309 e. The van der Waals surface area contributed by atoms with Gasteiger partial charge in [0.15, 0.2) is 0 Å². The molecule has 0 heterocycles. The van der Waals surface area contributed by atoms with Gasteiger partial charge in [0, 0.05) is 5.71 Å². The number of hydrogen-bond donors (Lipinski definition) is 1. The molecule has 0 aromatic carbocycles. The summed E-state index contributed by atoms with van der Waals surface area (Å²) in [5.74, 6) is 2.03. The quantitative estimate of drug-likeness (QED) is 0.598. The Bertz CT molecular complexity index is 149. The molecule has 1 heteroatoms. The normalized spacial score (nSPS) is 32.9. The lowest BCUT2D eigenvalue weighted by molar-refractivity contribution is 0.363. The molecule has 64 valence electrons. The highest BCUT2D eigenvalue weighted by atomic mass is 14.5. The molecule has 0 saturated heterocycles. The summed E-state index contributed by atoms with van der Waals surface area (Å²) in [4.78, 5) is 0. The van der Waals surface area contributed by atoms with Crippen molar-refractivity contribution in [3.63, 3.8) is 0 Å². The molecule has 2 atom stereocenters. The predicted octanol–water partition coefficient (Wildman–Crippen LogP) is 3.10. The van der Waals surface area contributed by atoms with Crippen molar-refractivity contribution in [2.75, 3.05) is 0 Å². The van der Waals surface area contributed by atoms with E-state index in [9.17, 15) is 0 Å². The zero-order chi connectivity index (χ0) is 8.43. The number of nitrogens with one attached hydrogen (secondary N) is 1. The summed E-state index contributed by atoms with van der Waals surface area (Å²) in [7, 11) is 0. The number of hydrogen-bond acceptors (Lipinski definition) is 1. The molecule has 0 unspecified atom stereocenters. The molecule has 0 aliphatic heterocycles. The SMILES string of the molecule is CC(C)[C@@H]1CC[C@@H](C)CC1=N. The van der Waals surface area contributed by atoms with Crippen LogP contribution in [0, 0.1) is 23.2 Å². The third-order valence-electron chi connectivity index (χ3n) is 2.79. The van der Waals surface area contributed by atoms with E-state index in [0.29, 0.717) is 11.8 Å². The van der Waals surface area contributed by atoms with Gasteiger partial charge in [-0.15, -0.1) is 0 Å². The lowest BCUT2D eigenvalue weighted by atomic mass is 9.76. The van der Waals surface area contributed by atoms with Gasteiger partial charge in [-0.25, -0.2) is 0 Å². The first-order chi connectivity index (χ1) is 5.11. The number of rotatable bonds is 1. The second kappa shape index (κ2) is 3.38. The van der Waals surface area contributed by atoms with Gasteiger partial charge in [0.1, 0.15) is 0 Å². The zero-order valence-electron chi connectivity index (χ0n) is 7.85. The first-order valence-electron chi connectivity index (χ1n) is 4.68. The molecule has 1 nitrogen and oxygen atoms in total. The van der Waals surface area contributed by atoms with E-state index in [-0.39, 0.29) is 0 Å². The fourth-order valence-electron chi connectivity index (χ4n) is 2.00. The van der Waals surface area contributed by atoms with Crippen LogP contribution in [-0.2, 0) is 0 Å². The van der Waals surface area contributed by atoms with Crippen LogP contribution in [0.1, 0.15) is 40.0 Å². The Morgan fingerprint density at radius 1 is 1.36 bits per heavy atom. The highest BCUT2D eigenvalue weighted by Gasteiger charge is 2.25. The van der Waals surface area contributed by atoms with Gasteiger partial charge in [-0.05, 0) is 37.0 Å². The van der Waals surface area contributed by atoms with E-state index >= 15 is 0 Å². The molecule has 1 N–H and O–H groups in total. The van der Waals surface area contributed by atoms with Crippen LogP contribution < -0.4 is 0 Å². The van der Waals surface area contributed by atoms with E-state index in [4.69, 9.17) is 5.41 Å². The average molecular weight is 153 g/mol. The molecular weight excluding hydrogens is 134 g/mol. The first-order valence-corrected chi connectivity index (χ1v) is 4.68. The van der Waals surface area contributed by atoms with Gasteiger partial charge in [0.25, 0.3) is 0 Å². The molecular formula is C10H19N. The summed E-state index contributed by atoms with van der Waals surface area (Å²) in [6, 6.07) is 0. The van der Waals surface area contributed by atoms with Crippen molar-refractivity contribution in [1.82, 2.24) is 0 Å². The maximum atomic E-state index is 7.81. The third-order valence-corrected chi connectivity index (χ3v) is 2.79. The monoisotopic (exact) mass is 153 g/mol. The zero-order valence-corrected chi connectivity index (χ0v) is 7.85. The van der Waals surface area contributed by atoms with E-state index in [0.717, 1.165) is 18.1 Å². The standard InChI is InChI=1S/C10H19N/c1-7(2)9-5-4-8(3)6-10(9)11/h7-9,11H,4-6H2,1-3H3/t8-,9+/m1/s1. The van der Waals surface area contributed by atoms with E-state index in [2.05, 4.69) is 20.8 Å². The topological polar surface area (TPSA) is 23.9 Å². The Morgan fingerprint density at radius 3 is 2.45 bits per heavy atom. The van der Waals surface area contributed by atoms with E-state index in [1.807, 2.05) is 0 Å². The van der Waals surface area contributed by atoms with Gasteiger partial charge < -0.3 is 5.41 Å². The van der Waals surface area contributed by atoms with Gasteiger partial charge in [0.05, 0.1) is 0 Å². The van der Waals surface area contributed by atoms with Gasteiger partial charge in [0.2, 0.25) is 0 Å². The summed E-state index contributed by atoms with van der Waals surface area (Å²) < 4.78 is 0. The smallest absolute Gasteiger partial charge is 0.0125 e.